The summed E-state index contributed by atoms with van der Waals surface area (Å²) in [5.74, 6) is -0.414. The number of hydrogen-bond acceptors (Lipinski definition) is 7. The predicted octanol–water partition coefficient (Wildman–Crippen LogP) is 3.49. The van der Waals surface area contributed by atoms with Gasteiger partial charge in [0.2, 0.25) is 5.65 Å². The lowest BCUT2D eigenvalue weighted by Gasteiger charge is -2.29. The van der Waals surface area contributed by atoms with Crippen LogP contribution in [0.25, 0.3) is 11.2 Å². The van der Waals surface area contributed by atoms with Crippen molar-refractivity contribution >= 4 is 28.7 Å². The zero-order valence-electron chi connectivity index (χ0n) is 18.5. The maximum Gasteiger partial charge on any atom is 0.413 e. The number of aromatic nitrogens is 6. The number of alkyl halides is 4. The Morgan fingerprint density at radius 3 is 2.89 bits per heavy atom. The monoisotopic (exact) mass is 505 g/mol. The number of fused-ring (bicyclic) bond motifs is 2. The topological polar surface area (TPSA) is 98.9 Å². The molecule has 35 heavy (non-hydrogen) atoms. The van der Waals surface area contributed by atoms with Gasteiger partial charge in [0.1, 0.15) is 11.3 Å². The van der Waals surface area contributed by atoms with Crippen molar-refractivity contribution in [2.75, 3.05) is 12.4 Å². The molecule has 1 aliphatic heterocycles. The summed E-state index contributed by atoms with van der Waals surface area (Å²) in [6.07, 6.45) is 0.584. The third kappa shape index (κ3) is 5.32. The van der Waals surface area contributed by atoms with E-state index in [2.05, 4.69) is 31.8 Å². The van der Waals surface area contributed by atoms with Gasteiger partial charge < -0.3 is 9.74 Å². The standard InChI is InChI=1S/C22H19ClF3N7O2/c1-13(5-3-6-15(11-23)22(24,25)26)21(34)32-10-8-16-18(12-32)28-14(2)29-20(16)35-33-19-17(30-31-33)7-4-9-27-19/h3-7,9H,1,8,10-12H2,2H3/b5-3-,15-6+. The molecule has 1 aliphatic rings. The minimum Gasteiger partial charge on any atom is -0.334 e. The summed E-state index contributed by atoms with van der Waals surface area (Å²) in [5.41, 5.74) is 1.38. The molecule has 0 saturated carbocycles. The van der Waals surface area contributed by atoms with Gasteiger partial charge in [-0.05, 0) is 30.7 Å². The molecule has 0 unspecified atom stereocenters. The number of allylic oxidation sites excluding steroid dienone is 3. The molecule has 1 amide bonds. The van der Waals surface area contributed by atoms with Crippen LogP contribution in [0.1, 0.15) is 17.1 Å². The van der Waals surface area contributed by atoms with Crippen molar-refractivity contribution in [3.05, 3.63) is 71.4 Å². The lowest BCUT2D eigenvalue weighted by Crippen LogP contribution is -2.37. The molecule has 0 saturated heterocycles. The number of pyridine rings is 1. The second kappa shape index (κ2) is 9.82. The van der Waals surface area contributed by atoms with E-state index in [0.29, 0.717) is 41.2 Å². The summed E-state index contributed by atoms with van der Waals surface area (Å²) >= 11 is 5.34. The number of amides is 1. The molecule has 0 atom stereocenters. The van der Waals surface area contributed by atoms with Gasteiger partial charge in [0.25, 0.3) is 11.8 Å². The van der Waals surface area contributed by atoms with Crippen molar-refractivity contribution in [3.8, 4) is 5.88 Å². The van der Waals surface area contributed by atoms with Crippen molar-refractivity contribution < 1.29 is 22.8 Å². The minimum absolute atomic E-state index is 0.0307. The lowest BCUT2D eigenvalue weighted by molar-refractivity contribution is -0.127. The van der Waals surface area contributed by atoms with Crippen molar-refractivity contribution in [3.63, 3.8) is 0 Å². The first-order valence-corrected chi connectivity index (χ1v) is 10.9. The van der Waals surface area contributed by atoms with Crippen LogP contribution in [-0.4, -0.2) is 59.5 Å². The molecule has 4 heterocycles. The summed E-state index contributed by atoms with van der Waals surface area (Å²) in [6, 6.07) is 3.48. The number of carbonyl (C=O) groups is 1. The highest BCUT2D eigenvalue weighted by Gasteiger charge is 2.32. The van der Waals surface area contributed by atoms with Gasteiger partial charge in [0.05, 0.1) is 18.1 Å². The highest BCUT2D eigenvalue weighted by molar-refractivity contribution is 6.19. The maximum atomic E-state index is 12.8. The normalized spacial score (nSPS) is 14.4. The van der Waals surface area contributed by atoms with E-state index < -0.39 is 23.5 Å². The molecule has 3 aromatic rings. The summed E-state index contributed by atoms with van der Waals surface area (Å²) in [7, 11) is 0. The Labute approximate surface area is 202 Å². The van der Waals surface area contributed by atoms with Crippen molar-refractivity contribution in [2.24, 2.45) is 0 Å². The van der Waals surface area contributed by atoms with Crippen LogP contribution in [0, 0.1) is 6.92 Å². The molecule has 13 heteroatoms. The first-order chi connectivity index (χ1) is 16.7. The van der Waals surface area contributed by atoms with Crippen LogP contribution in [-0.2, 0) is 17.8 Å². The predicted molar refractivity (Wildman–Crippen MR) is 120 cm³/mol. The van der Waals surface area contributed by atoms with Crippen LogP contribution in [0.5, 0.6) is 5.88 Å². The molecule has 182 valence electrons. The summed E-state index contributed by atoms with van der Waals surface area (Å²) in [4.78, 5) is 34.4. The Hall–Kier alpha value is -3.80. The van der Waals surface area contributed by atoms with E-state index in [1.54, 1.807) is 25.3 Å². The third-order valence-corrected chi connectivity index (χ3v) is 5.45. The first kappa shape index (κ1) is 24.3. The Balaban J connectivity index is 1.50. The molecule has 0 aliphatic carbocycles. The molecule has 3 aromatic heterocycles. The fourth-order valence-corrected chi connectivity index (χ4v) is 3.66. The average molecular weight is 506 g/mol. The van der Waals surface area contributed by atoms with Gasteiger partial charge in [-0.15, -0.1) is 16.7 Å². The van der Waals surface area contributed by atoms with E-state index in [4.69, 9.17) is 16.4 Å². The highest BCUT2D eigenvalue weighted by Crippen LogP contribution is 2.28. The van der Waals surface area contributed by atoms with Crippen LogP contribution < -0.4 is 4.84 Å². The Kier molecular flexibility index (Phi) is 6.83. The number of rotatable bonds is 6. The number of halogens is 4. The maximum absolute atomic E-state index is 12.8. The van der Waals surface area contributed by atoms with Gasteiger partial charge in [-0.2, -0.15) is 18.2 Å². The second-order valence-electron chi connectivity index (χ2n) is 7.59. The van der Waals surface area contributed by atoms with E-state index in [9.17, 15) is 18.0 Å². The number of aryl methyl sites for hydroxylation is 1. The number of hydrogen-bond donors (Lipinski definition) is 0. The Morgan fingerprint density at radius 1 is 1.34 bits per heavy atom. The fraction of sp³-hybridized carbons (Fsp3) is 0.273. The van der Waals surface area contributed by atoms with E-state index in [1.165, 1.54) is 15.8 Å². The number of nitrogens with zero attached hydrogens (tertiary/aromatic N) is 7. The molecule has 0 aromatic carbocycles. The van der Waals surface area contributed by atoms with Gasteiger partial charge in [0, 0.05) is 29.5 Å². The quantitative estimate of drug-likeness (QED) is 0.287. The Bertz CT molecular complexity index is 1350. The van der Waals surface area contributed by atoms with Crippen LogP contribution in [0.15, 0.2) is 54.3 Å². The second-order valence-corrected chi connectivity index (χ2v) is 7.85. The van der Waals surface area contributed by atoms with Crippen molar-refractivity contribution in [1.29, 1.82) is 0 Å². The molecular formula is C22H19ClF3N7O2. The molecule has 0 N–H and O–H groups in total. The molecule has 0 radical (unpaired) electrons. The molecule has 0 bridgehead atoms. The van der Waals surface area contributed by atoms with Crippen LogP contribution >= 0.6 is 11.6 Å². The largest absolute Gasteiger partial charge is 0.413 e. The third-order valence-electron chi connectivity index (χ3n) is 5.16. The molecule has 0 spiro atoms. The van der Waals surface area contributed by atoms with Crippen LogP contribution in [0.2, 0.25) is 0 Å². The zero-order chi connectivity index (χ0) is 25.2. The number of carbonyl (C=O) groups excluding carboxylic acids is 1. The van der Waals surface area contributed by atoms with Gasteiger partial charge >= 0.3 is 6.18 Å². The highest BCUT2D eigenvalue weighted by atomic mass is 35.5. The van der Waals surface area contributed by atoms with E-state index in [0.717, 1.165) is 12.2 Å². The van der Waals surface area contributed by atoms with E-state index >= 15 is 0 Å². The minimum atomic E-state index is -4.54. The molecule has 0 fully saturated rings. The first-order valence-electron chi connectivity index (χ1n) is 10.4. The summed E-state index contributed by atoms with van der Waals surface area (Å²) < 4.78 is 38.3. The van der Waals surface area contributed by atoms with Crippen molar-refractivity contribution in [1.82, 2.24) is 35.0 Å². The van der Waals surface area contributed by atoms with Crippen LogP contribution in [0.3, 0.4) is 0 Å². The molecular weight excluding hydrogens is 487 g/mol. The van der Waals surface area contributed by atoms with Gasteiger partial charge in [-0.25, -0.2) is 9.97 Å². The van der Waals surface area contributed by atoms with Gasteiger partial charge in [-0.1, -0.05) is 29.7 Å². The van der Waals surface area contributed by atoms with Crippen molar-refractivity contribution in [2.45, 2.75) is 26.1 Å². The zero-order valence-corrected chi connectivity index (χ0v) is 19.2. The van der Waals surface area contributed by atoms with E-state index in [1.807, 2.05) is 0 Å². The van der Waals surface area contributed by atoms with Gasteiger partial charge in [0.15, 0.2) is 0 Å². The van der Waals surface area contributed by atoms with Crippen LogP contribution in [0.4, 0.5) is 13.2 Å². The lowest BCUT2D eigenvalue weighted by atomic mass is 10.0. The summed E-state index contributed by atoms with van der Waals surface area (Å²) in [5, 5.41) is 7.95. The van der Waals surface area contributed by atoms with E-state index in [-0.39, 0.29) is 18.0 Å². The summed E-state index contributed by atoms with van der Waals surface area (Å²) in [6.45, 7) is 5.83. The smallest absolute Gasteiger partial charge is 0.334 e. The fourth-order valence-electron chi connectivity index (χ4n) is 3.42. The molecule has 4 rings (SSSR count). The SMILES string of the molecule is C=C(/C=C\C=C(/CCl)C(F)(F)F)C(=O)N1CCc2c(nc(C)nc2On2nnc3cccnc32)C1. The average Bonchev–Trinajstić information content (AvgIpc) is 3.22. The Morgan fingerprint density at radius 2 is 2.14 bits per heavy atom. The van der Waals surface area contributed by atoms with Gasteiger partial charge in [-0.3, -0.25) is 4.79 Å². The molecule has 9 nitrogen and oxygen atoms in total.